The summed E-state index contributed by atoms with van der Waals surface area (Å²) >= 11 is 0. The topological polar surface area (TPSA) is 55.8 Å². The van der Waals surface area contributed by atoms with Gasteiger partial charge in [-0.25, -0.2) is 4.79 Å². The number of esters is 2. The number of anilines is 2. The third kappa shape index (κ3) is 3.69. The lowest BCUT2D eigenvalue weighted by Crippen LogP contribution is -2.31. The Morgan fingerprint density at radius 3 is 2.09 bits per heavy atom. The van der Waals surface area contributed by atoms with Crippen LogP contribution in [-0.4, -0.2) is 31.2 Å². The lowest BCUT2D eigenvalue weighted by atomic mass is 10.2. The van der Waals surface area contributed by atoms with E-state index < -0.39 is 18.0 Å². The van der Waals surface area contributed by atoms with Gasteiger partial charge in [-0.05, 0) is 24.3 Å². The van der Waals surface area contributed by atoms with Crippen molar-refractivity contribution in [3.05, 3.63) is 60.7 Å². The smallest absolute Gasteiger partial charge is 0.347 e. The van der Waals surface area contributed by atoms with Crippen LogP contribution in [0.1, 0.15) is 6.42 Å². The SMILES string of the molecule is O=C(CN(c1ccccc1)c1ccccc1)OC1CCOC1=O. The zero-order valence-corrected chi connectivity index (χ0v) is 12.6. The molecule has 0 bridgehead atoms. The van der Waals surface area contributed by atoms with Gasteiger partial charge in [-0.2, -0.15) is 0 Å². The monoisotopic (exact) mass is 311 g/mol. The summed E-state index contributed by atoms with van der Waals surface area (Å²) in [7, 11) is 0. The minimum absolute atomic E-state index is 0.0256. The van der Waals surface area contributed by atoms with E-state index in [1.165, 1.54) is 0 Å². The Morgan fingerprint density at radius 2 is 1.61 bits per heavy atom. The highest BCUT2D eigenvalue weighted by Crippen LogP contribution is 2.24. The van der Waals surface area contributed by atoms with Crippen LogP contribution in [0.3, 0.4) is 0 Å². The van der Waals surface area contributed by atoms with E-state index in [4.69, 9.17) is 9.47 Å². The number of ether oxygens (including phenoxy) is 2. The number of carbonyl (C=O) groups excluding carboxylic acids is 2. The van der Waals surface area contributed by atoms with Crippen LogP contribution in [0, 0.1) is 0 Å². The molecule has 0 amide bonds. The Hall–Kier alpha value is -2.82. The lowest BCUT2D eigenvalue weighted by molar-refractivity contribution is -0.159. The Balaban J connectivity index is 1.76. The molecule has 1 fully saturated rings. The molecule has 1 unspecified atom stereocenters. The van der Waals surface area contributed by atoms with E-state index in [0.717, 1.165) is 11.4 Å². The van der Waals surface area contributed by atoms with Crippen molar-refractivity contribution in [3.8, 4) is 0 Å². The van der Waals surface area contributed by atoms with E-state index in [2.05, 4.69) is 0 Å². The predicted octanol–water partition coefficient (Wildman–Crippen LogP) is 2.68. The molecule has 5 heteroatoms. The number of para-hydroxylation sites is 2. The summed E-state index contributed by atoms with van der Waals surface area (Å²) in [5.74, 6) is -0.925. The molecular formula is C18H17NO4. The van der Waals surface area contributed by atoms with Crippen molar-refractivity contribution in [1.29, 1.82) is 0 Å². The van der Waals surface area contributed by atoms with Gasteiger partial charge >= 0.3 is 11.9 Å². The van der Waals surface area contributed by atoms with Gasteiger partial charge in [-0.3, -0.25) is 4.79 Å². The molecule has 23 heavy (non-hydrogen) atoms. The van der Waals surface area contributed by atoms with E-state index in [-0.39, 0.29) is 6.54 Å². The van der Waals surface area contributed by atoms with Crippen LogP contribution in [0.5, 0.6) is 0 Å². The summed E-state index contributed by atoms with van der Waals surface area (Å²) in [6.07, 6.45) is -0.364. The fourth-order valence-corrected chi connectivity index (χ4v) is 2.46. The van der Waals surface area contributed by atoms with Crippen molar-refractivity contribution in [2.24, 2.45) is 0 Å². The zero-order chi connectivity index (χ0) is 16.1. The fourth-order valence-electron chi connectivity index (χ4n) is 2.46. The molecule has 1 atom stereocenters. The average molecular weight is 311 g/mol. The van der Waals surface area contributed by atoms with E-state index in [1.54, 1.807) is 0 Å². The second-order valence-corrected chi connectivity index (χ2v) is 5.19. The molecule has 0 spiro atoms. The second-order valence-electron chi connectivity index (χ2n) is 5.19. The van der Waals surface area contributed by atoms with Gasteiger partial charge < -0.3 is 14.4 Å². The van der Waals surface area contributed by atoms with E-state index >= 15 is 0 Å². The van der Waals surface area contributed by atoms with Crippen LogP contribution in [0.2, 0.25) is 0 Å². The Kier molecular flexibility index (Phi) is 4.57. The van der Waals surface area contributed by atoms with Crippen molar-refractivity contribution in [2.45, 2.75) is 12.5 Å². The minimum atomic E-state index is -0.782. The van der Waals surface area contributed by atoms with Crippen LogP contribution in [-0.2, 0) is 19.1 Å². The minimum Gasteiger partial charge on any atom is -0.463 e. The van der Waals surface area contributed by atoms with Crippen molar-refractivity contribution < 1.29 is 19.1 Å². The molecule has 1 aliphatic heterocycles. The first-order valence-electron chi connectivity index (χ1n) is 7.48. The Bertz CT molecular complexity index is 632. The molecule has 0 saturated carbocycles. The number of carbonyl (C=O) groups is 2. The highest BCUT2D eigenvalue weighted by Gasteiger charge is 2.30. The summed E-state index contributed by atoms with van der Waals surface area (Å²) in [5, 5.41) is 0. The first-order valence-corrected chi connectivity index (χ1v) is 7.48. The molecule has 2 aromatic carbocycles. The highest BCUT2D eigenvalue weighted by molar-refractivity contribution is 5.84. The maximum atomic E-state index is 12.2. The van der Waals surface area contributed by atoms with Crippen molar-refractivity contribution >= 4 is 23.3 Å². The maximum Gasteiger partial charge on any atom is 0.347 e. The summed E-state index contributed by atoms with van der Waals surface area (Å²) in [6, 6.07) is 19.1. The zero-order valence-electron chi connectivity index (χ0n) is 12.6. The van der Waals surface area contributed by atoms with E-state index in [9.17, 15) is 9.59 Å². The normalized spacial score (nSPS) is 16.7. The summed E-state index contributed by atoms with van der Waals surface area (Å²) in [5.41, 5.74) is 1.76. The third-order valence-electron chi connectivity index (χ3n) is 3.58. The number of hydrogen-bond donors (Lipinski definition) is 0. The highest BCUT2D eigenvalue weighted by atomic mass is 16.6. The molecule has 1 aliphatic rings. The second kappa shape index (κ2) is 6.96. The van der Waals surface area contributed by atoms with E-state index in [0.29, 0.717) is 13.0 Å². The van der Waals surface area contributed by atoms with Gasteiger partial charge in [-0.15, -0.1) is 0 Å². The van der Waals surface area contributed by atoms with Crippen LogP contribution in [0.25, 0.3) is 0 Å². The summed E-state index contributed by atoms with van der Waals surface area (Å²) < 4.78 is 10.1. The van der Waals surface area contributed by atoms with Gasteiger partial charge in [-0.1, -0.05) is 36.4 Å². The number of hydrogen-bond acceptors (Lipinski definition) is 5. The van der Waals surface area contributed by atoms with Gasteiger partial charge in [0.2, 0.25) is 6.10 Å². The average Bonchev–Trinajstić information content (AvgIpc) is 2.99. The first-order chi connectivity index (χ1) is 11.2. The largest absolute Gasteiger partial charge is 0.463 e. The third-order valence-corrected chi connectivity index (χ3v) is 3.58. The van der Waals surface area contributed by atoms with Gasteiger partial charge in [0.1, 0.15) is 6.54 Å². The molecule has 118 valence electrons. The summed E-state index contributed by atoms with van der Waals surface area (Å²) in [6.45, 7) is 0.329. The van der Waals surface area contributed by atoms with Crippen molar-refractivity contribution in [1.82, 2.24) is 0 Å². The van der Waals surface area contributed by atoms with Crippen LogP contribution in [0.15, 0.2) is 60.7 Å². The molecule has 5 nitrogen and oxygen atoms in total. The number of nitrogens with zero attached hydrogens (tertiary/aromatic N) is 1. The molecule has 2 aromatic rings. The molecule has 0 radical (unpaired) electrons. The molecule has 0 aliphatic carbocycles. The quantitative estimate of drug-likeness (QED) is 0.795. The van der Waals surface area contributed by atoms with Gasteiger partial charge in [0.05, 0.1) is 6.61 Å². The maximum absolute atomic E-state index is 12.2. The first kappa shape index (κ1) is 15.1. The van der Waals surface area contributed by atoms with Crippen molar-refractivity contribution in [2.75, 3.05) is 18.1 Å². The standard InChI is InChI=1S/C18H17NO4/c20-17(23-16-11-12-22-18(16)21)13-19(14-7-3-1-4-8-14)15-9-5-2-6-10-15/h1-10,16H,11-13H2. The predicted molar refractivity (Wildman–Crippen MR) is 85.3 cm³/mol. The molecule has 0 aromatic heterocycles. The van der Waals surface area contributed by atoms with Crippen LogP contribution < -0.4 is 4.90 Å². The van der Waals surface area contributed by atoms with Gasteiger partial charge in [0.25, 0.3) is 0 Å². The lowest BCUT2D eigenvalue weighted by Gasteiger charge is -2.24. The van der Waals surface area contributed by atoms with Gasteiger partial charge in [0, 0.05) is 17.8 Å². The molecule has 0 N–H and O–H groups in total. The van der Waals surface area contributed by atoms with Crippen LogP contribution >= 0.6 is 0 Å². The van der Waals surface area contributed by atoms with E-state index in [1.807, 2.05) is 65.6 Å². The molecular weight excluding hydrogens is 294 g/mol. The molecule has 1 saturated heterocycles. The van der Waals surface area contributed by atoms with Gasteiger partial charge in [0.15, 0.2) is 0 Å². The number of rotatable bonds is 5. The van der Waals surface area contributed by atoms with Crippen LogP contribution in [0.4, 0.5) is 11.4 Å². The van der Waals surface area contributed by atoms with Crippen molar-refractivity contribution in [3.63, 3.8) is 0 Å². The Morgan fingerprint density at radius 1 is 1.04 bits per heavy atom. The molecule has 1 heterocycles. The fraction of sp³-hybridized carbons (Fsp3) is 0.222. The number of benzene rings is 2. The number of cyclic esters (lactones) is 1. The summed E-state index contributed by atoms with van der Waals surface area (Å²) in [4.78, 5) is 25.5. The Labute approximate surface area is 134 Å². The molecule has 3 rings (SSSR count).